The van der Waals surface area contributed by atoms with Crippen LogP contribution >= 0.6 is 0 Å². The molecule has 2 rings (SSSR count). The third-order valence-electron chi connectivity index (χ3n) is 1.77. The van der Waals surface area contributed by atoms with E-state index in [1.54, 1.807) is 6.26 Å². The fraction of sp³-hybridized carbons (Fsp3) is 0.111. The fourth-order valence-corrected chi connectivity index (χ4v) is 1.11. The Labute approximate surface area is 70.2 Å². The molecule has 0 aromatic carbocycles. The number of hydrogen-bond acceptors (Lipinski definition) is 2. The van der Waals surface area contributed by atoms with Crippen LogP contribution in [0.15, 0.2) is 35.2 Å². The normalized spacial score (nSPS) is 10.4. The van der Waals surface area contributed by atoms with Gasteiger partial charge in [-0.25, -0.2) is 0 Å². The molecule has 3 N–H and O–H groups in total. The zero-order chi connectivity index (χ0) is 8.39. The molecule has 2 aromatic heterocycles. The Hall–Kier alpha value is -1.48. The van der Waals surface area contributed by atoms with Crippen molar-refractivity contribution in [2.24, 2.45) is 5.73 Å². The van der Waals surface area contributed by atoms with Crippen LogP contribution in [0.2, 0.25) is 0 Å². The first kappa shape index (κ1) is 7.18. The number of aromatic nitrogens is 1. The molecule has 0 atom stereocenters. The molecule has 12 heavy (non-hydrogen) atoms. The quantitative estimate of drug-likeness (QED) is 0.706. The van der Waals surface area contributed by atoms with Gasteiger partial charge in [0.15, 0.2) is 0 Å². The van der Waals surface area contributed by atoms with E-state index in [4.69, 9.17) is 10.2 Å². The molecule has 0 unspecified atom stereocenters. The van der Waals surface area contributed by atoms with Crippen LogP contribution < -0.4 is 5.73 Å². The highest BCUT2D eigenvalue weighted by Crippen LogP contribution is 2.20. The summed E-state index contributed by atoms with van der Waals surface area (Å²) in [5.74, 6) is 0.858. The zero-order valence-electron chi connectivity index (χ0n) is 6.58. The van der Waals surface area contributed by atoms with Gasteiger partial charge in [-0.1, -0.05) is 0 Å². The standard InChI is InChI=1S/C9H10N2O/c10-4-7-3-9(12-6-7)8-1-2-11-5-8/h1-3,5-6,11H,4,10H2. The summed E-state index contributed by atoms with van der Waals surface area (Å²) in [5.41, 5.74) is 7.52. The van der Waals surface area contributed by atoms with Gasteiger partial charge in [-0.05, 0) is 12.1 Å². The number of hydrogen-bond donors (Lipinski definition) is 2. The van der Waals surface area contributed by atoms with Crippen molar-refractivity contribution in [1.29, 1.82) is 0 Å². The summed E-state index contributed by atoms with van der Waals surface area (Å²) in [6, 6.07) is 3.91. The van der Waals surface area contributed by atoms with Gasteiger partial charge in [0.25, 0.3) is 0 Å². The van der Waals surface area contributed by atoms with E-state index in [1.807, 2.05) is 24.5 Å². The van der Waals surface area contributed by atoms with Crippen molar-refractivity contribution in [3.63, 3.8) is 0 Å². The van der Waals surface area contributed by atoms with Crippen molar-refractivity contribution >= 4 is 0 Å². The minimum atomic E-state index is 0.522. The first-order valence-corrected chi connectivity index (χ1v) is 3.81. The molecular weight excluding hydrogens is 152 g/mol. The third-order valence-corrected chi connectivity index (χ3v) is 1.77. The summed E-state index contributed by atoms with van der Waals surface area (Å²) in [7, 11) is 0. The molecule has 0 fully saturated rings. The van der Waals surface area contributed by atoms with E-state index in [0.717, 1.165) is 16.9 Å². The van der Waals surface area contributed by atoms with Crippen LogP contribution in [-0.2, 0) is 6.54 Å². The Kier molecular flexibility index (Phi) is 1.72. The van der Waals surface area contributed by atoms with Crippen LogP contribution in [-0.4, -0.2) is 4.98 Å². The van der Waals surface area contributed by atoms with Crippen molar-refractivity contribution < 1.29 is 4.42 Å². The molecule has 3 nitrogen and oxygen atoms in total. The topological polar surface area (TPSA) is 54.9 Å². The Balaban J connectivity index is 2.35. The number of nitrogens with two attached hydrogens (primary N) is 1. The molecule has 0 saturated heterocycles. The summed E-state index contributed by atoms with van der Waals surface area (Å²) < 4.78 is 5.30. The maximum Gasteiger partial charge on any atom is 0.135 e. The molecule has 0 amide bonds. The number of furan rings is 1. The third kappa shape index (κ3) is 1.14. The first-order valence-electron chi connectivity index (χ1n) is 3.81. The lowest BCUT2D eigenvalue weighted by molar-refractivity contribution is 0.579. The predicted octanol–water partition coefficient (Wildman–Crippen LogP) is 1.73. The SMILES string of the molecule is NCc1coc(-c2cc[nH]c2)c1. The Bertz CT molecular complexity index is 348. The van der Waals surface area contributed by atoms with Crippen LogP contribution in [0.5, 0.6) is 0 Å². The second kappa shape index (κ2) is 2.87. The summed E-state index contributed by atoms with van der Waals surface area (Å²) in [4.78, 5) is 2.96. The van der Waals surface area contributed by atoms with E-state index >= 15 is 0 Å². The predicted molar refractivity (Wildman–Crippen MR) is 46.4 cm³/mol. The number of rotatable bonds is 2. The molecule has 62 valence electrons. The molecule has 0 saturated carbocycles. The van der Waals surface area contributed by atoms with Crippen LogP contribution in [0.4, 0.5) is 0 Å². The van der Waals surface area contributed by atoms with Gasteiger partial charge in [-0.15, -0.1) is 0 Å². The summed E-state index contributed by atoms with van der Waals surface area (Å²) in [6.07, 6.45) is 5.43. The largest absolute Gasteiger partial charge is 0.464 e. The summed E-state index contributed by atoms with van der Waals surface area (Å²) in [5, 5.41) is 0. The maximum atomic E-state index is 5.45. The molecule has 0 bridgehead atoms. The molecule has 2 aromatic rings. The van der Waals surface area contributed by atoms with Crippen molar-refractivity contribution in [2.75, 3.05) is 0 Å². The average molecular weight is 162 g/mol. The van der Waals surface area contributed by atoms with Crippen LogP contribution in [0.1, 0.15) is 5.56 Å². The Morgan fingerprint density at radius 2 is 2.42 bits per heavy atom. The maximum absolute atomic E-state index is 5.45. The lowest BCUT2D eigenvalue weighted by Gasteiger charge is -1.86. The average Bonchev–Trinajstić information content (AvgIpc) is 2.75. The lowest BCUT2D eigenvalue weighted by Crippen LogP contribution is -1.92. The smallest absolute Gasteiger partial charge is 0.135 e. The van der Waals surface area contributed by atoms with E-state index in [2.05, 4.69) is 4.98 Å². The Morgan fingerprint density at radius 1 is 1.50 bits per heavy atom. The molecule has 0 aliphatic rings. The first-order chi connectivity index (χ1) is 5.90. The Morgan fingerprint density at radius 3 is 3.00 bits per heavy atom. The van der Waals surface area contributed by atoms with Crippen LogP contribution in [0.3, 0.4) is 0 Å². The molecule has 2 heterocycles. The van der Waals surface area contributed by atoms with Crippen LogP contribution in [0.25, 0.3) is 11.3 Å². The highest BCUT2D eigenvalue weighted by Gasteiger charge is 2.02. The highest BCUT2D eigenvalue weighted by molar-refractivity contribution is 5.56. The molecule has 3 heteroatoms. The minimum Gasteiger partial charge on any atom is -0.464 e. The number of nitrogens with one attached hydrogen (secondary N) is 1. The van der Waals surface area contributed by atoms with Crippen molar-refractivity contribution in [2.45, 2.75) is 6.54 Å². The summed E-state index contributed by atoms with van der Waals surface area (Å²) in [6.45, 7) is 0.522. The van der Waals surface area contributed by atoms with E-state index in [1.165, 1.54) is 0 Å². The van der Waals surface area contributed by atoms with Crippen molar-refractivity contribution in [3.05, 3.63) is 36.4 Å². The second-order valence-corrected chi connectivity index (χ2v) is 2.62. The number of H-pyrrole nitrogens is 1. The second-order valence-electron chi connectivity index (χ2n) is 2.62. The van der Waals surface area contributed by atoms with Gasteiger partial charge in [0, 0.05) is 30.1 Å². The van der Waals surface area contributed by atoms with Gasteiger partial charge in [0.05, 0.1) is 6.26 Å². The van der Waals surface area contributed by atoms with E-state index in [9.17, 15) is 0 Å². The molecule has 0 aliphatic carbocycles. The van der Waals surface area contributed by atoms with Gasteiger partial charge >= 0.3 is 0 Å². The van der Waals surface area contributed by atoms with Crippen molar-refractivity contribution in [1.82, 2.24) is 4.98 Å². The van der Waals surface area contributed by atoms with E-state index < -0.39 is 0 Å². The minimum absolute atomic E-state index is 0.522. The van der Waals surface area contributed by atoms with Gasteiger partial charge in [0.1, 0.15) is 5.76 Å². The van der Waals surface area contributed by atoms with Crippen molar-refractivity contribution in [3.8, 4) is 11.3 Å². The van der Waals surface area contributed by atoms with Gasteiger partial charge in [-0.3, -0.25) is 0 Å². The van der Waals surface area contributed by atoms with Gasteiger partial charge < -0.3 is 15.1 Å². The monoisotopic (exact) mass is 162 g/mol. The number of aromatic amines is 1. The van der Waals surface area contributed by atoms with Gasteiger partial charge in [-0.2, -0.15) is 0 Å². The fourth-order valence-electron chi connectivity index (χ4n) is 1.11. The molecular formula is C9H10N2O. The molecule has 0 spiro atoms. The van der Waals surface area contributed by atoms with Crippen LogP contribution in [0, 0.1) is 0 Å². The van der Waals surface area contributed by atoms with E-state index in [-0.39, 0.29) is 0 Å². The zero-order valence-corrected chi connectivity index (χ0v) is 6.58. The molecule has 0 aliphatic heterocycles. The highest BCUT2D eigenvalue weighted by atomic mass is 16.3. The molecule has 0 radical (unpaired) electrons. The van der Waals surface area contributed by atoms with Gasteiger partial charge in [0.2, 0.25) is 0 Å². The summed E-state index contributed by atoms with van der Waals surface area (Å²) >= 11 is 0. The van der Waals surface area contributed by atoms with E-state index in [0.29, 0.717) is 6.54 Å². The lowest BCUT2D eigenvalue weighted by atomic mass is 10.2.